The summed E-state index contributed by atoms with van der Waals surface area (Å²) < 4.78 is 31.0. The van der Waals surface area contributed by atoms with Gasteiger partial charge >= 0.3 is 0 Å². The third-order valence-electron chi connectivity index (χ3n) is 2.11. The van der Waals surface area contributed by atoms with Crippen molar-refractivity contribution in [2.45, 2.75) is 32.5 Å². The van der Waals surface area contributed by atoms with Crippen molar-refractivity contribution in [1.29, 1.82) is 0 Å². The summed E-state index contributed by atoms with van der Waals surface area (Å²) in [7, 11) is 0. The van der Waals surface area contributed by atoms with E-state index in [1.54, 1.807) is 0 Å². The van der Waals surface area contributed by atoms with Gasteiger partial charge in [0.25, 0.3) is 0 Å². The lowest BCUT2D eigenvalue weighted by atomic mass is 10.1. The van der Waals surface area contributed by atoms with E-state index in [9.17, 15) is 13.9 Å². The molecule has 0 heterocycles. The van der Waals surface area contributed by atoms with Gasteiger partial charge in [-0.1, -0.05) is 0 Å². The van der Waals surface area contributed by atoms with E-state index in [0.29, 0.717) is 13.0 Å². The molecule has 1 rings (SSSR count). The van der Waals surface area contributed by atoms with Gasteiger partial charge in [-0.25, -0.2) is 8.78 Å². The Labute approximate surface area is 93.9 Å². The second-order valence-electron chi connectivity index (χ2n) is 3.93. The minimum atomic E-state index is -0.899. The van der Waals surface area contributed by atoms with Crippen LogP contribution in [0.1, 0.15) is 31.9 Å². The van der Waals surface area contributed by atoms with Gasteiger partial charge in [-0.15, -0.1) is 0 Å². The molecule has 2 nitrogen and oxygen atoms in total. The van der Waals surface area contributed by atoms with Crippen molar-refractivity contribution in [3.63, 3.8) is 0 Å². The quantitative estimate of drug-likeness (QED) is 0.842. The number of benzene rings is 1. The molecule has 1 N–H and O–H groups in total. The van der Waals surface area contributed by atoms with Crippen molar-refractivity contribution in [2.24, 2.45) is 0 Å². The van der Waals surface area contributed by atoms with Crippen LogP contribution in [0, 0.1) is 11.6 Å². The van der Waals surface area contributed by atoms with Gasteiger partial charge < -0.3 is 9.84 Å². The van der Waals surface area contributed by atoms with Crippen LogP contribution in [0.5, 0.6) is 0 Å². The Morgan fingerprint density at radius 1 is 1.19 bits per heavy atom. The molecule has 0 spiro atoms. The van der Waals surface area contributed by atoms with Gasteiger partial charge in [-0.05, 0) is 31.5 Å². The summed E-state index contributed by atoms with van der Waals surface area (Å²) in [5, 5.41) is 9.67. The van der Waals surface area contributed by atoms with Gasteiger partial charge in [0.05, 0.1) is 12.2 Å². The lowest BCUT2D eigenvalue weighted by Gasteiger charge is -2.13. The van der Waals surface area contributed by atoms with Crippen molar-refractivity contribution in [1.82, 2.24) is 0 Å². The summed E-state index contributed by atoms with van der Waals surface area (Å²) in [6.45, 7) is 4.12. The average molecular weight is 230 g/mol. The number of rotatable bonds is 5. The Bertz CT molecular complexity index is 320. The zero-order chi connectivity index (χ0) is 12.1. The van der Waals surface area contributed by atoms with E-state index in [-0.39, 0.29) is 11.7 Å². The van der Waals surface area contributed by atoms with Gasteiger partial charge in [-0.2, -0.15) is 0 Å². The first kappa shape index (κ1) is 13.1. The largest absolute Gasteiger partial charge is 0.388 e. The molecule has 0 saturated heterocycles. The Hall–Kier alpha value is -1.00. The fourth-order valence-electron chi connectivity index (χ4n) is 1.35. The van der Waals surface area contributed by atoms with Crippen molar-refractivity contribution >= 4 is 0 Å². The predicted octanol–water partition coefficient (Wildman–Crippen LogP) is 2.81. The summed E-state index contributed by atoms with van der Waals surface area (Å²) in [5.41, 5.74) is 0.241. The summed E-state index contributed by atoms with van der Waals surface area (Å²) in [6.07, 6.45) is -0.499. The second kappa shape index (κ2) is 5.92. The standard InChI is InChI=1S/C12H16F2O2/c1-8(2)16-4-3-12(15)9-5-10(13)7-11(14)6-9/h5-8,12,15H,3-4H2,1-2H3. The highest BCUT2D eigenvalue weighted by Gasteiger charge is 2.10. The molecule has 1 aromatic carbocycles. The predicted molar refractivity (Wildman–Crippen MR) is 57.0 cm³/mol. The molecule has 1 aromatic rings. The Kier molecular flexibility index (Phi) is 4.83. The molecule has 16 heavy (non-hydrogen) atoms. The molecule has 0 radical (unpaired) electrons. The molecule has 4 heteroatoms. The average Bonchev–Trinajstić information content (AvgIpc) is 2.15. The molecule has 0 aliphatic heterocycles. The van der Waals surface area contributed by atoms with Crippen LogP contribution in [-0.2, 0) is 4.74 Å². The Morgan fingerprint density at radius 3 is 2.25 bits per heavy atom. The highest BCUT2D eigenvalue weighted by Crippen LogP contribution is 2.19. The van der Waals surface area contributed by atoms with E-state index in [0.717, 1.165) is 18.2 Å². The first-order chi connectivity index (χ1) is 7.49. The molecule has 1 unspecified atom stereocenters. The summed E-state index contributed by atoms with van der Waals surface area (Å²) in [6, 6.07) is 3.03. The minimum Gasteiger partial charge on any atom is -0.388 e. The Balaban J connectivity index is 2.55. The molecule has 0 aromatic heterocycles. The minimum absolute atomic E-state index is 0.0800. The highest BCUT2D eigenvalue weighted by molar-refractivity contribution is 5.20. The number of hydrogen-bond acceptors (Lipinski definition) is 2. The lowest BCUT2D eigenvalue weighted by Crippen LogP contribution is -2.08. The summed E-state index contributed by atoms with van der Waals surface area (Å²) in [5.74, 6) is -1.36. The maximum atomic E-state index is 12.9. The van der Waals surface area contributed by atoms with Crippen LogP contribution in [0.2, 0.25) is 0 Å². The molecule has 0 aliphatic carbocycles. The van der Waals surface area contributed by atoms with Crippen LogP contribution < -0.4 is 0 Å². The van der Waals surface area contributed by atoms with Crippen LogP contribution in [0.4, 0.5) is 8.78 Å². The summed E-state index contributed by atoms with van der Waals surface area (Å²) in [4.78, 5) is 0. The molecule has 0 bridgehead atoms. The van der Waals surface area contributed by atoms with E-state index < -0.39 is 17.7 Å². The lowest BCUT2D eigenvalue weighted by molar-refractivity contribution is 0.0464. The van der Waals surface area contributed by atoms with E-state index in [4.69, 9.17) is 4.74 Å². The fourth-order valence-corrected chi connectivity index (χ4v) is 1.35. The molecule has 0 saturated carbocycles. The van der Waals surface area contributed by atoms with Crippen molar-refractivity contribution in [3.8, 4) is 0 Å². The van der Waals surface area contributed by atoms with Crippen molar-refractivity contribution < 1.29 is 18.6 Å². The first-order valence-electron chi connectivity index (χ1n) is 5.24. The van der Waals surface area contributed by atoms with E-state index in [1.807, 2.05) is 13.8 Å². The van der Waals surface area contributed by atoms with Crippen LogP contribution >= 0.6 is 0 Å². The third-order valence-corrected chi connectivity index (χ3v) is 2.11. The maximum absolute atomic E-state index is 12.9. The van der Waals surface area contributed by atoms with E-state index in [1.165, 1.54) is 0 Å². The molecular weight excluding hydrogens is 214 g/mol. The van der Waals surface area contributed by atoms with Gasteiger partial charge in [-0.3, -0.25) is 0 Å². The molecule has 1 atom stereocenters. The smallest absolute Gasteiger partial charge is 0.126 e. The summed E-state index contributed by atoms with van der Waals surface area (Å²) >= 11 is 0. The van der Waals surface area contributed by atoms with Gasteiger partial charge in [0.2, 0.25) is 0 Å². The van der Waals surface area contributed by atoms with Crippen LogP contribution in [0.25, 0.3) is 0 Å². The zero-order valence-electron chi connectivity index (χ0n) is 9.41. The van der Waals surface area contributed by atoms with Gasteiger partial charge in [0.1, 0.15) is 11.6 Å². The SMILES string of the molecule is CC(C)OCCC(O)c1cc(F)cc(F)c1. The molecule has 0 aliphatic rings. The van der Waals surface area contributed by atoms with Gasteiger partial charge in [0, 0.05) is 19.1 Å². The first-order valence-corrected chi connectivity index (χ1v) is 5.24. The molecule has 0 fully saturated rings. The Morgan fingerprint density at radius 2 is 1.75 bits per heavy atom. The number of aliphatic hydroxyl groups is 1. The number of aliphatic hydroxyl groups excluding tert-OH is 1. The van der Waals surface area contributed by atoms with Crippen LogP contribution in [-0.4, -0.2) is 17.8 Å². The topological polar surface area (TPSA) is 29.5 Å². The van der Waals surface area contributed by atoms with Crippen LogP contribution in [0.3, 0.4) is 0 Å². The van der Waals surface area contributed by atoms with E-state index in [2.05, 4.69) is 0 Å². The molecule has 90 valence electrons. The normalized spacial score (nSPS) is 13.1. The van der Waals surface area contributed by atoms with Crippen LogP contribution in [0.15, 0.2) is 18.2 Å². The zero-order valence-corrected chi connectivity index (χ0v) is 9.41. The highest BCUT2D eigenvalue weighted by atomic mass is 19.1. The maximum Gasteiger partial charge on any atom is 0.126 e. The number of halogens is 2. The molecule has 0 amide bonds. The third kappa shape index (κ3) is 4.24. The molecular formula is C12H16F2O2. The van der Waals surface area contributed by atoms with Crippen molar-refractivity contribution in [2.75, 3.05) is 6.61 Å². The number of hydrogen-bond donors (Lipinski definition) is 1. The van der Waals surface area contributed by atoms with Crippen molar-refractivity contribution in [3.05, 3.63) is 35.4 Å². The fraction of sp³-hybridized carbons (Fsp3) is 0.500. The number of ether oxygens (including phenoxy) is 1. The second-order valence-corrected chi connectivity index (χ2v) is 3.93. The van der Waals surface area contributed by atoms with E-state index >= 15 is 0 Å². The van der Waals surface area contributed by atoms with Gasteiger partial charge in [0.15, 0.2) is 0 Å². The monoisotopic (exact) mass is 230 g/mol.